The van der Waals surface area contributed by atoms with Gasteiger partial charge in [-0.2, -0.15) is 0 Å². The Bertz CT molecular complexity index is 1120. The van der Waals surface area contributed by atoms with Crippen LogP contribution in [0, 0.1) is 5.92 Å². The van der Waals surface area contributed by atoms with Crippen molar-refractivity contribution in [3.05, 3.63) is 59.2 Å². The average Bonchev–Trinajstić information content (AvgIpc) is 2.88. The number of phenolic OH excluding ortho intramolecular Hbond substituents is 1. The lowest BCUT2D eigenvalue weighted by Gasteiger charge is -2.59. The van der Waals surface area contributed by atoms with Gasteiger partial charge in [0.15, 0.2) is 0 Å². The lowest BCUT2D eigenvalue weighted by atomic mass is 9.52. The summed E-state index contributed by atoms with van der Waals surface area (Å²) in [5.74, 6) is 0.560. The standard InChI is InChI=1S/C30H38N2O4/c1-2-36-29(35)12-11-28(34)31-23-7-5-6-21(18-23)13-16-32-17-15-30-14-4-3-8-25(30)27(32)19-22-9-10-24(33)20-26(22)30/h5-7,9-10,18,20,25,27,33H,2-4,8,11-17,19H2,1H3,(H,31,34)/t25-,27+,30+/m0/s1. The zero-order valence-electron chi connectivity index (χ0n) is 21.3. The molecule has 6 heteroatoms. The molecular formula is C30H38N2O4. The first-order valence-corrected chi connectivity index (χ1v) is 13.6. The molecule has 1 aliphatic heterocycles. The molecule has 2 N–H and O–H groups in total. The van der Waals surface area contributed by atoms with E-state index in [9.17, 15) is 14.7 Å². The van der Waals surface area contributed by atoms with Crippen molar-refractivity contribution in [3.63, 3.8) is 0 Å². The number of carbonyl (C=O) groups excluding carboxylic acids is 2. The van der Waals surface area contributed by atoms with E-state index in [1.807, 2.05) is 18.2 Å². The van der Waals surface area contributed by atoms with Gasteiger partial charge in [-0.15, -0.1) is 0 Å². The first-order chi connectivity index (χ1) is 17.5. The van der Waals surface area contributed by atoms with Crippen LogP contribution in [0.15, 0.2) is 42.5 Å². The third-order valence-corrected chi connectivity index (χ3v) is 8.70. The molecule has 36 heavy (non-hydrogen) atoms. The highest BCUT2D eigenvalue weighted by atomic mass is 16.5. The maximum Gasteiger partial charge on any atom is 0.306 e. The minimum atomic E-state index is -0.341. The molecule has 2 bridgehead atoms. The number of amides is 1. The van der Waals surface area contributed by atoms with E-state index >= 15 is 0 Å². The van der Waals surface area contributed by atoms with Crippen LogP contribution in [0.5, 0.6) is 5.75 Å². The van der Waals surface area contributed by atoms with Crippen molar-refractivity contribution in [2.24, 2.45) is 5.92 Å². The summed E-state index contributed by atoms with van der Waals surface area (Å²) in [5, 5.41) is 13.2. The second-order valence-corrected chi connectivity index (χ2v) is 10.7. The zero-order chi connectivity index (χ0) is 25.1. The maximum absolute atomic E-state index is 12.3. The number of piperidine rings is 1. The molecule has 0 aromatic heterocycles. The highest BCUT2D eigenvalue weighted by Crippen LogP contribution is 2.56. The third-order valence-electron chi connectivity index (χ3n) is 8.70. The maximum atomic E-state index is 12.3. The topological polar surface area (TPSA) is 78.9 Å². The Balaban J connectivity index is 1.23. The van der Waals surface area contributed by atoms with E-state index in [4.69, 9.17) is 4.74 Å². The number of nitrogens with zero attached hydrogens (tertiary/aromatic N) is 1. The van der Waals surface area contributed by atoms with Crippen LogP contribution in [0.1, 0.15) is 68.6 Å². The van der Waals surface area contributed by atoms with Gasteiger partial charge >= 0.3 is 5.97 Å². The van der Waals surface area contributed by atoms with Gasteiger partial charge in [0.1, 0.15) is 5.75 Å². The molecule has 2 aliphatic carbocycles. The minimum Gasteiger partial charge on any atom is -0.508 e. The van der Waals surface area contributed by atoms with Gasteiger partial charge < -0.3 is 15.2 Å². The number of carbonyl (C=O) groups is 2. The molecule has 2 aromatic rings. The Kier molecular flexibility index (Phi) is 7.33. The van der Waals surface area contributed by atoms with E-state index in [1.54, 1.807) is 6.92 Å². The fourth-order valence-corrected chi connectivity index (χ4v) is 7.10. The second-order valence-electron chi connectivity index (χ2n) is 10.7. The largest absolute Gasteiger partial charge is 0.508 e. The lowest BCUT2D eigenvalue weighted by Crippen LogP contribution is -2.61. The number of anilines is 1. The number of likely N-dealkylation sites (tertiary alicyclic amines) is 1. The summed E-state index contributed by atoms with van der Waals surface area (Å²) in [4.78, 5) is 26.5. The molecular weight excluding hydrogens is 452 g/mol. The number of nitrogens with one attached hydrogen (secondary N) is 1. The predicted molar refractivity (Wildman–Crippen MR) is 140 cm³/mol. The van der Waals surface area contributed by atoms with Gasteiger partial charge in [-0.05, 0) is 92.4 Å². The number of ether oxygens (including phenoxy) is 1. The van der Waals surface area contributed by atoms with Gasteiger partial charge in [-0.3, -0.25) is 14.5 Å². The van der Waals surface area contributed by atoms with E-state index < -0.39 is 0 Å². The SMILES string of the molecule is CCOC(=O)CCC(=O)Nc1cccc(CCN2CC[C@]34CCCC[C@H]3[C@H]2Cc2ccc(O)cc24)c1. The summed E-state index contributed by atoms with van der Waals surface area (Å²) in [6.45, 7) is 4.20. The van der Waals surface area contributed by atoms with Gasteiger partial charge in [-0.25, -0.2) is 0 Å². The fraction of sp³-hybridized carbons (Fsp3) is 0.533. The Hall–Kier alpha value is -2.86. The molecule has 1 amide bonds. The molecule has 1 saturated carbocycles. The second kappa shape index (κ2) is 10.6. The number of phenols is 1. The van der Waals surface area contributed by atoms with Gasteiger partial charge in [0.2, 0.25) is 5.91 Å². The number of benzene rings is 2. The molecule has 0 spiro atoms. The summed E-state index contributed by atoms with van der Waals surface area (Å²) >= 11 is 0. The van der Waals surface area contributed by atoms with Gasteiger partial charge in [0.25, 0.3) is 0 Å². The summed E-state index contributed by atoms with van der Waals surface area (Å²) in [5.41, 5.74) is 5.07. The summed E-state index contributed by atoms with van der Waals surface area (Å²) in [6, 6.07) is 14.7. The van der Waals surface area contributed by atoms with E-state index in [1.165, 1.54) is 48.8 Å². The molecule has 2 aromatic carbocycles. The molecule has 6 nitrogen and oxygen atoms in total. The van der Waals surface area contributed by atoms with Crippen LogP contribution in [-0.4, -0.2) is 47.6 Å². The van der Waals surface area contributed by atoms with Crippen molar-refractivity contribution in [3.8, 4) is 5.75 Å². The molecule has 5 rings (SSSR count). The number of esters is 1. The van der Waals surface area contributed by atoms with Crippen molar-refractivity contribution in [1.29, 1.82) is 0 Å². The highest BCUT2D eigenvalue weighted by Gasteiger charge is 2.53. The van der Waals surface area contributed by atoms with Crippen molar-refractivity contribution in [2.45, 2.75) is 76.2 Å². The highest BCUT2D eigenvalue weighted by molar-refractivity contribution is 5.92. The van der Waals surface area contributed by atoms with Crippen LogP contribution in [0.25, 0.3) is 0 Å². The van der Waals surface area contributed by atoms with Crippen molar-refractivity contribution in [1.82, 2.24) is 4.90 Å². The molecule has 1 saturated heterocycles. The van der Waals surface area contributed by atoms with E-state index in [0.29, 0.717) is 24.3 Å². The first kappa shape index (κ1) is 24.8. The fourth-order valence-electron chi connectivity index (χ4n) is 7.10. The zero-order valence-corrected chi connectivity index (χ0v) is 21.3. The van der Waals surface area contributed by atoms with E-state index in [-0.39, 0.29) is 30.1 Å². The van der Waals surface area contributed by atoms with Crippen molar-refractivity contribution < 1.29 is 19.4 Å². The number of fused-ring (bicyclic) bond motifs is 1. The smallest absolute Gasteiger partial charge is 0.306 e. The molecule has 1 heterocycles. The monoisotopic (exact) mass is 490 g/mol. The Morgan fingerprint density at radius 2 is 2.03 bits per heavy atom. The number of rotatable bonds is 8. The van der Waals surface area contributed by atoms with E-state index in [0.717, 1.165) is 31.6 Å². The average molecular weight is 491 g/mol. The van der Waals surface area contributed by atoms with Gasteiger partial charge in [0.05, 0.1) is 13.0 Å². The van der Waals surface area contributed by atoms with Crippen LogP contribution < -0.4 is 5.32 Å². The molecule has 0 unspecified atom stereocenters. The van der Waals surface area contributed by atoms with Crippen LogP contribution >= 0.6 is 0 Å². The predicted octanol–water partition coefficient (Wildman–Crippen LogP) is 4.98. The minimum absolute atomic E-state index is 0.0983. The Morgan fingerprint density at radius 3 is 2.89 bits per heavy atom. The van der Waals surface area contributed by atoms with Gasteiger partial charge in [-0.1, -0.05) is 31.0 Å². The van der Waals surface area contributed by atoms with Crippen LogP contribution in [0.4, 0.5) is 5.69 Å². The molecule has 192 valence electrons. The summed E-state index contributed by atoms with van der Waals surface area (Å²) in [7, 11) is 0. The van der Waals surface area contributed by atoms with Crippen molar-refractivity contribution >= 4 is 17.6 Å². The first-order valence-electron chi connectivity index (χ1n) is 13.6. The summed E-state index contributed by atoms with van der Waals surface area (Å²) in [6.07, 6.45) is 8.52. The third kappa shape index (κ3) is 5.01. The van der Waals surface area contributed by atoms with Crippen LogP contribution in [-0.2, 0) is 32.6 Å². The Labute approximate surface area is 214 Å². The van der Waals surface area contributed by atoms with Crippen LogP contribution in [0.3, 0.4) is 0 Å². The number of hydrogen-bond donors (Lipinski definition) is 2. The van der Waals surface area contributed by atoms with Crippen LogP contribution in [0.2, 0.25) is 0 Å². The molecule has 2 fully saturated rings. The number of aromatic hydroxyl groups is 1. The normalized spacial score (nSPS) is 24.9. The van der Waals surface area contributed by atoms with E-state index in [2.05, 4.69) is 34.5 Å². The van der Waals surface area contributed by atoms with Crippen molar-refractivity contribution in [2.75, 3.05) is 25.0 Å². The molecule has 3 aliphatic rings. The summed E-state index contributed by atoms with van der Waals surface area (Å²) < 4.78 is 4.90. The Morgan fingerprint density at radius 1 is 1.14 bits per heavy atom. The van der Waals surface area contributed by atoms with Gasteiger partial charge in [0, 0.05) is 30.1 Å². The molecule has 3 atom stereocenters. The quantitative estimate of drug-likeness (QED) is 0.511. The lowest BCUT2D eigenvalue weighted by molar-refractivity contribution is -0.144. The number of hydrogen-bond acceptors (Lipinski definition) is 5. The molecule has 0 radical (unpaired) electrons.